The van der Waals surface area contributed by atoms with Crippen molar-refractivity contribution < 1.29 is 21.9 Å². The molecule has 1 aromatic heterocycles. The third kappa shape index (κ3) is 4.55. The van der Waals surface area contributed by atoms with Crippen LogP contribution in [0.3, 0.4) is 0 Å². The summed E-state index contributed by atoms with van der Waals surface area (Å²) < 4.78 is 58.1. The van der Waals surface area contributed by atoms with E-state index in [1.54, 1.807) is 23.6 Å². The molecule has 0 bridgehead atoms. The molecule has 0 spiro atoms. The van der Waals surface area contributed by atoms with Gasteiger partial charge in [-0.25, -0.2) is 22.2 Å². The topological polar surface area (TPSA) is 68.3 Å². The first-order valence-electron chi connectivity index (χ1n) is 7.41. The number of anilines is 1. The van der Waals surface area contributed by atoms with Gasteiger partial charge in [-0.3, -0.25) is 4.72 Å². The number of thiazole rings is 1. The van der Waals surface area contributed by atoms with Crippen LogP contribution in [0.15, 0.2) is 47.8 Å². The summed E-state index contributed by atoms with van der Waals surface area (Å²) >= 11 is 1.11. The molecule has 1 N–H and O–H groups in total. The minimum Gasteiger partial charge on any atom is -0.487 e. The lowest BCUT2D eigenvalue weighted by Gasteiger charge is -2.08. The smallest absolute Gasteiger partial charge is 0.229 e. The van der Waals surface area contributed by atoms with Gasteiger partial charge in [0.2, 0.25) is 10.0 Å². The summed E-state index contributed by atoms with van der Waals surface area (Å²) in [6.07, 6.45) is 1.05. The molecule has 136 valence electrons. The lowest BCUT2D eigenvalue weighted by atomic mass is 10.2. The molecular formula is C17H14F2N2O3S2. The average molecular weight is 396 g/mol. The summed E-state index contributed by atoms with van der Waals surface area (Å²) in [5.74, 6) is -0.914. The maximum atomic E-state index is 13.8. The van der Waals surface area contributed by atoms with Crippen LogP contribution in [0.5, 0.6) is 5.75 Å². The van der Waals surface area contributed by atoms with E-state index in [4.69, 9.17) is 4.74 Å². The van der Waals surface area contributed by atoms with Crippen LogP contribution in [0.4, 0.5) is 14.5 Å². The van der Waals surface area contributed by atoms with Gasteiger partial charge in [0.1, 0.15) is 29.0 Å². The van der Waals surface area contributed by atoms with E-state index < -0.39 is 21.7 Å². The molecule has 3 rings (SSSR count). The van der Waals surface area contributed by atoms with Crippen LogP contribution in [0.25, 0.3) is 10.6 Å². The Morgan fingerprint density at radius 3 is 2.54 bits per heavy atom. The maximum Gasteiger partial charge on any atom is 0.229 e. The summed E-state index contributed by atoms with van der Waals surface area (Å²) in [5.41, 5.74) is 0.717. The van der Waals surface area contributed by atoms with Gasteiger partial charge in [0.05, 0.1) is 23.2 Å². The summed E-state index contributed by atoms with van der Waals surface area (Å²) in [6.45, 7) is 0.0783. The van der Waals surface area contributed by atoms with Gasteiger partial charge in [0, 0.05) is 11.4 Å². The standard InChI is InChI=1S/C17H14F2N2O3S2/c1-26(22,23)21-11-4-2-5-13(8-11)24-9-12-10-25-17(20-12)16-14(18)6-3-7-15(16)19/h2-8,10,21H,9H2,1H3. The molecule has 1 heterocycles. The summed E-state index contributed by atoms with van der Waals surface area (Å²) in [7, 11) is -3.38. The highest BCUT2D eigenvalue weighted by atomic mass is 32.2. The van der Waals surface area contributed by atoms with Crippen molar-refractivity contribution in [3.05, 3.63) is 65.2 Å². The van der Waals surface area contributed by atoms with Crippen LogP contribution in [0.1, 0.15) is 5.69 Å². The second-order valence-corrected chi connectivity index (χ2v) is 8.04. The first-order valence-corrected chi connectivity index (χ1v) is 10.2. The number of ether oxygens (including phenoxy) is 1. The molecular weight excluding hydrogens is 382 g/mol. The molecule has 0 aliphatic carbocycles. The molecule has 0 saturated heterocycles. The minimum absolute atomic E-state index is 0.0783. The maximum absolute atomic E-state index is 13.8. The summed E-state index contributed by atoms with van der Waals surface area (Å²) in [5, 5.41) is 1.88. The van der Waals surface area contributed by atoms with Crippen LogP contribution in [0.2, 0.25) is 0 Å². The van der Waals surface area contributed by atoms with Gasteiger partial charge in [-0.2, -0.15) is 0 Å². The molecule has 3 aromatic rings. The van der Waals surface area contributed by atoms with Crippen molar-refractivity contribution in [2.24, 2.45) is 0 Å². The number of rotatable bonds is 6. The zero-order valence-electron chi connectivity index (χ0n) is 13.6. The normalized spacial score (nSPS) is 11.3. The molecule has 0 aliphatic rings. The second kappa shape index (κ2) is 7.38. The minimum atomic E-state index is -3.38. The molecule has 9 heteroatoms. The van der Waals surface area contributed by atoms with Crippen molar-refractivity contribution in [1.29, 1.82) is 0 Å². The van der Waals surface area contributed by atoms with E-state index >= 15 is 0 Å². The number of nitrogens with one attached hydrogen (secondary N) is 1. The zero-order chi connectivity index (χ0) is 18.7. The zero-order valence-corrected chi connectivity index (χ0v) is 15.2. The Bertz CT molecular complexity index is 1020. The van der Waals surface area contributed by atoms with E-state index in [1.807, 2.05) is 0 Å². The van der Waals surface area contributed by atoms with E-state index in [0.717, 1.165) is 17.6 Å². The van der Waals surface area contributed by atoms with Gasteiger partial charge in [-0.15, -0.1) is 11.3 Å². The quantitative estimate of drug-likeness (QED) is 0.683. The van der Waals surface area contributed by atoms with E-state index in [0.29, 0.717) is 17.1 Å². The van der Waals surface area contributed by atoms with Crippen LogP contribution in [-0.2, 0) is 16.6 Å². The molecule has 0 unspecified atom stereocenters. The van der Waals surface area contributed by atoms with Gasteiger partial charge >= 0.3 is 0 Å². The van der Waals surface area contributed by atoms with Crippen LogP contribution >= 0.6 is 11.3 Å². The Morgan fingerprint density at radius 2 is 1.85 bits per heavy atom. The average Bonchev–Trinajstić information content (AvgIpc) is 3.00. The molecule has 0 saturated carbocycles. The number of benzene rings is 2. The fraction of sp³-hybridized carbons (Fsp3) is 0.118. The number of nitrogens with zero attached hydrogens (tertiary/aromatic N) is 1. The first-order chi connectivity index (χ1) is 12.3. The largest absolute Gasteiger partial charge is 0.487 e. The fourth-order valence-electron chi connectivity index (χ4n) is 2.21. The number of sulfonamides is 1. The van der Waals surface area contributed by atoms with Crippen molar-refractivity contribution >= 4 is 27.0 Å². The third-order valence-corrected chi connectivity index (χ3v) is 4.77. The Balaban J connectivity index is 1.72. The molecule has 0 fully saturated rings. The van der Waals surface area contributed by atoms with Gasteiger partial charge in [0.25, 0.3) is 0 Å². The third-order valence-electron chi connectivity index (χ3n) is 3.25. The van der Waals surface area contributed by atoms with Crippen molar-refractivity contribution in [3.8, 4) is 16.3 Å². The molecule has 2 aromatic carbocycles. The Morgan fingerprint density at radius 1 is 1.15 bits per heavy atom. The number of aromatic nitrogens is 1. The van der Waals surface area contributed by atoms with Gasteiger partial charge in [-0.05, 0) is 24.3 Å². The fourth-order valence-corrected chi connectivity index (χ4v) is 3.62. The van der Waals surface area contributed by atoms with E-state index in [2.05, 4.69) is 9.71 Å². The first kappa shape index (κ1) is 18.3. The number of hydrogen-bond acceptors (Lipinski definition) is 5. The van der Waals surface area contributed by atoms with Crippen LogP contribution in [0, 0.1) is 11.6 Å². The van der Waals surface area contributed by atoms with Crippen molar-refractivity contribution in [3.63, 3.8) is 0 Å². The molecule has 0 amide bonds. The highest BCUT2D eigenvalue weighted by Gasteiger charge is 2.15. The molecule has 0 radical (unpaired) electrons. The van der Waals surface area contributed by atoms with Gasteiger partial charge < -0.3 is 4.74 Å². The van der Waals surface area contributed by atoms with Crippen LogP contribution in [-0.4, -0.2) is 19.7 Å². The Kier molecular flexibility index (Phi) is 5.19. The molecule has 5 nitrogen and oxygen atoms in total. The van der Waals surface area contributed by atoms with Gasteiger partial charge in [-0.1, -0.05) is 12.1 Å². The van der Waals surface area contributed by atoms with Crippen molar-refractivity contribution in [2.45, 2.75) is 6.61 Å². The highest BCUT2D eigenvalue weighted by Crippen LogP contribution is 2.29. The summed E-state index contributed by atoms with van der Waals surface area (Å²) in [4.78, 5) is 4.20. The van der Waals surface area contributed by atoms with E-state index in [9.17, 15) is 17.2 Å². The highest BCUT2D eigenvalue weighted by molar-refractivity contribution is 7.92. The predicted octanol–water partition coefficient (Wildman–Crippen LogP) is 4.04. The predicted molar refractivity (Wildman–Crippen MR) is 96.7 cm³/mol. The number of hydrogen-bond donors (Lipinski definition) is 1. The SMILES string of the molecule is CS(=O)(=O)Nc1cccc(OCc2csc(-c3c(F)cccc3F)n2)c1. The molecule has 0 aliphatic heterocycles. The Labute approximate surface area is 153 Å². The lowest BCUT2D eigenvalue weighted by molar-refractivity contribution is 0.302. The lowest BCUT2D eigenvalue weighted by Crippen LogP contribution is -2.09. The Hall–Kier alpha value is -2.52. The second-order valence-electron chi connectivity index (χ2n) is 5.43. The van der Waals surface area contributed by atoms with Gasteiger partial charge in [0.15, 0.2) is 0 Å². The van der Waals surface area contributed by atoms with Crippen molar-refractivity contribution in [1.82, 2.24) is 4.98 Å². The molecule has 26 heavy (non-hydrogen) atoms. The number of halogens is 2. The molecule has 0 atom stereocenters. The summed E-state index contributed by atoms with van der Waals surface area (Å²) in [6, 6.07) is 10.1. The van der Waals surface area contributed by atoms with E-state index in [1.165, 1.54) is 24.3 Å². The van der Waals surface area contributed by atoms with Crippen LogP contribution < -0.4 is 9.46 Å². The monoisotopic (exact) mass is 396 g/mol. The van der Waals surface area contributed by atoms with Crippen molar-refractivity contribution in [2.75, 3.05) is 11.0 Å². The van der Waals surface area contributed by atoms with E-state index in [-0.39, 0.29) is 17.2 Å².